The van der Waals surface area contributed by atoms with E-state index in [0.717, 1.165) is 12.1 Å². The summed E-state index contributed by atoms with van der Waals surface area (Å²) in [7, 11) is 0. The first-order chi connectivity index (χ1) is 8.58. The SMILES string of the molecule is Cc1cnc(C(O)Cc2c(F)cccc2F)cn1. The fraction of sp³-hybridized carbons (Fsp3) is 0.231. The number of aliphatic hydroxyl groups excluding tert-OH is 1. The number of aryl methyl sites for hydroxylation is 1. The van der Waals surface area contributed by atoms with Crippen LogP contribution in [0.25, 0.3) is 0 Å². The highest BCUT2D eigenvalue weighted by Crippen LogP contribution is 2.20. The maximum atomic E-state index is 13.4. The molecule has 1 unspecified atom stereocenters. The molecule has 1 N–H and O–H groups in total. The number of hydrogen-bond donors (Lipinski definition) is 1. The van der Waals surface area contributed by atoms with Crippen molar-refractivity contribution in [1.82, 2.24) is 9.97 Å². The van der Waals surface area contributed by atoms with Crippen molar-refractivity contribution >= 4 is 0 Å². The molecule has 1 aromatic carbocycles. The summed E-state index contributed by atoms with van der Waals surface area (Å²) in [5, 5.41) is 9.88. The summed E-state index contributed by atoms with van der Waals surface area (Å²) < 4.78 is 26.8. The molecular weight excluding hydrogens is 238 g/mol. The molecular formula is C13H12F2N2O. The zero-order valence-corrected chi connectivity index (χ0v) is 9.77. The Morgan fingerprint density at radius 3 is 2.39 bits per heavy atom. The number of halogens is 2. The third-order valence-corrected chi connectivity index (χ3v) is 2.60. The number of rotatable bonds is 3. The molecule has 94 valence electrons. The van der Waals surface area contributed by atoms with Crippen molar-refractivity contribution in [3.05, 3.63) is 59.2 Å². The predicted molar refractivity (Wildman–Crippen MR) is 61.8 cm³/mol. The molecule has 0 bridgehead atoms. The van der Waals surface area contributed by atoms with Gasteiger partial charge in [0.05, 0.1) is 17.6 Å². The van der Waals surface area contributed by atoms with E-state index in [4.69, 9.17) is 0 Å². The van der Waals surface area contributed by atoms with Gasteiger partial charge in [-0.2, -0.15) is 0 Å². The Hall–Kier alpha value is -1.88. The summed E-state index contributed by atoms with van der Waals surface area (Å²) in [6.07, 6.45) is 1.65. The lowest BCUT2D eigenvalue weighted by atomic mass is 10.0. The Morgan fingerprint density at radius 1 is 1.17 bits per heavy atom. The quantitative estimate of drug-likeness (QED) is 0.909. The van der Waals surface area contributed by atoms with Gasteiger partial charge in [-0.05, 0) is 19.1 Å². The van der Waals surface area contributed by atoms with Gasteiger partial charge in [0, 0.05) is 18.2 Å². The van der Waals surface area contributed by atoms with Gasteiger partial charge in [-0.25, -0.2) is 8.78 Å². The van der Waals surface area contributed by atoms with Gasteiger partial charge in [0.15, 0.2) is 0 Å². The number of hydrogen-bond acceptors (Lipinski definition) is 3. The van der Waals surface area contributed by atoms with E-state index in [1.54, 1.807) is 6.92 Å². The summed E-state index contributed by atoms with van der Waals surface area (Å²) in [5.41, 5.74) is 0.860. The van der Waals surface area contributed by atoms with Gasteiger partial charge >= 0.3 is 0 Å². The first kappa shape index (κ1) is 12.6. The Labute approximate surface area is 103 Å². The minimum atomic E-state index is -1.08. The highest BCUT2D eigenvalue weighted by molar-refractivity contribution is 5.21. The number of benzene rings is 1. The van der Waals surface area contributed by atoms with Crippen LogP contribution < -0.4 is 0 Å². The van der Waals surface area contributed by atoms with Crippen LogP contribution >= 0.6 is 0 Å². The number of nitrogens with zero attached hydrogens (tertiary/aromatic N) is 2. The van der Waals surface area contributed by atoms with Crippen LogP contribution in [0.2, 0.25) is 0 Å². The van der Waals surface area contributed by atoms with Crippen LogP contribution in [-0.4, -0.2) is 15.1 Å². The van der Waals surface area contributed by atoms with Gasteiger partial charge in [-0.1, -0.05) is 6.07 Å². The molecule has 1 heterocycles. The zero-order chi connectivity index (χ0) is 13.1. The van der Waals surface area contributed by atoms with E-state index in [1.165, 1.54) is 18.5 Å². The molecule has 0 aliphatic carbocycles. The summed E-state index contributed by atoms with van der Waals surface area (Å²) in [5.74, 6) is -1.34. The first-order valence-corrected chi connectivity index (χ1v) is 5.47. The van der Waals surface area contributed by atoms with Gasteiger partial charge in [-0.3, -0.25) is 9.97 Å². The average molecular weight is 250 g/mol. The first-order valence-electron chi connectivity index (χ1n) is 5.47. The molecule has 2 aromatic rings. The molecule has 0 saturated heterocycles. The Bertz CT molecular complexity index is 523. The Morgan fingerprint density at radius 2 is 1.83 bits per heavy atom. The normalized spacial score (nSPS) is 12.4. The molecule has 1 atom stereocenters. The lowest BCUT2D eigenvalue weighted by molar-refractivity contribution is 0.170. The Balaban J connectivity index is 2.21. The second-order valence-corrected chi connectivity index (χ2v) is 4.00. The zero-order valence-electron chi connectivity index (χ0n) is 9.77. The summed E-state index contributed by atoms with van der Waals surface area (Å²) in [4.78, 5) is 7.95. The third kappa shape index (κ3) is 2.68. The molecule has 2 rings (SSSR count). The summed E-state index contributed by atoms with van der Waals surface area (Å²) in [6, 6.07) is 3.60. The molecule has 5 heteroatoms. The maximum absolute atomic E-state index is 13.4. The minimum Gasteiger partial charge on any atom is -0.386 e. The summed E-state index contributed by atoms with van der Waals surface area (Å²) in [6.45, 7) is 1.76. The molecule has 0 amide bonds. The monoisotopic (exact) mass is 250 g/mol. The number of aliphatic hydroxyl groups is 1. The largest absolute Gasteiger partial charge is 0.386 e. The topological polar surface area (TPSA) is 46.0 Å². The minimum absolute atomic E-state index is 0.146. The van der Waals surface area contributed by atoms with Crippen LogP contribution in [0, 0.1) is 18.6 Å². The maximum Gasteiger partial charge on any atom is 0.129 e. The van der Waals surface area contributed by atoms with Crippen molar-refractivity contribution in [1.29, 1.82) is 0 Å². The fourth-order valence-corrected chi connectivity index (χ4v) is 1.60. The molecule has 0 aliphatic heterocycles. The van der Waals surface area contributed by atoms with Crippen LogP contribution in [0.15, 0.2) is 30.6 Å². The lowest BCUT2D eigenvalue weighted by Crippen LogP contribution is -2.08. The van der Waals surface area contributed by atoms with Gasteiger partial charge in [0.1, 0.15) is 17.7 Å². The van der Waals surface area contributed by atoms with Crippen LogP contribution in [0.5, 0.6) is 0 Å². The van der Waals surface area contributed by atoms with E-state index in [0.29, 0.717) is 11.4 Å². The van der Waals surface area contributed by atoms with Gasteiger partial charge in [0.2, 0.25) is 0 Å². The van der Waals surface area contributed by atoms with E-state index in [1.807, 2.05) is 0 Å². The average Bonchev–Trinajstić information content (AvgIpc) is 2.34. The van der Waals surface area contributed by atoms with Crippen LogP contribution in [0.4, 0.5) is 8.78 Å². The van der Waals surface area contributed by atoms with E-state index >= 15 is 0 Å². The molecule has 0 aliphatic rings. The lowest BCUT2D eigenvalue weighted by Gasteiger charge is -2.11. The second-order valence-electron chi connectivity index (χ2n) is 4.00. The smallest absolute Gasteiger partial charge is 0.129 e. The second kappa shape index (κ2) is 5.18. The molecule has 0 radical (unpaired) electrons. The molecule has 0 spiro atoms. The molecule has 1 aromatic heterocycles. The van der Waals surface area contributed by atoms with Crippen LogP contribution in [0.3, 0.4) is 0 Å². The van der Waals surface area contributed by atoms with Gasteiger partial charge in [0.25, 0.3) is 0 Å². The van der Waals surface area contributed by atoms with Crippen molar-refractivity contribution in [3.8, 4) is 0 Å². The highest BCUT2D eigenvalue weighted by Gasteiger charge is 2.16. The standard InChI is InChI=1S/C13H12F2N2O/c1-8-6-17-12(7-16-8)13(18)5-9-10(14)3-2-4-11(9)15/h2-4,6-7,13,18H,5H2,1H3. The Kier molecular flexibility index (Phi) is 3.62. The van der Waals surface area contributed by atoms with Crippen molar-refractivity contribution in [2.75, 3.05) is 0 Å². The van der Waals surface area contributed by atoms with Gasteiger partial charge < -0.3 is 5.11 Å². The van der Waals surface area contributed by atoms with E-state index in [-0.39, 0.29) is 12.0 Å². The van der Waals surface area contributed by atoms with Crippen molar-refractivity contribution in [2.45, 2.75) is 19.4 Å². The van der Waals surface area contributed by atoms with E-state index in [2.05, 4.69) is 9.97 Å². The van der Waals surface area contributed by atoms with Crippen molar-refractivity contribution in [2.24, 2.45) is 0 Å². The highest BCUT2D eigenvalue weighted by atomic mass is 19.1. The molecule has 0 saturated carbocycles. The van der Waals surface area contributed by atoms with Crippen LogP contribution in [0.1, 0.15) is 23.1 Å². The van der Waals surface area contributed by atoms with Crippen molar-refractivity contribution < 1.29 is 13.9 Å². The molecule has 0 fully saturated rings. The predicted octanol–water partition coefficient (Wildman–Crippen LogP) is 2.34. The van der Waals surface area contributed by atoms with E-state index in [9.17, 15) is 13.9 Å². The molecule has 18 heavy (non-hydrogen) atoms. The van der Waals surface area contributed by atoms with E-state index < -0.39 is 17.7 Å². The fourth-order valence-electron chi connectivity index (χ4n) is 1.60. The number of aromatic nitrogens is 2. The molecule has 3 nitrogen and oxygen atoms in total. The summed E-state index contributed by atoms with van der Waals surface area (Å²) >= 11 is 0. The van der Waals surface area contributed by atoms with Gasteiger partial charge in [-0.15, -0.1) is 0 Å². The van der Waals surface area contributed by atoms with Crippen LogP contribution in [-0.2, 0) is 6.42 Å². The third-order valence-electron chi connectivity index (χ3n) is 2.60. The van der Waals surface area contributed by atoms with Crippen molar-refractivity contribution in [3.63, 3.8) is 0 Å².